The number of unbranched alkanes of at least 4 members (excludes halogenated alkanes) is 1. The van der Waals surface area contributed by atoms with Gasteiger partial charge in [0.05, 0.1) is 0 Å². The number of benzene rings is 2. The average molecular weight is 627 g/mol. The molecular weight excluding hydrogens is 556 g/mol. The van der Waals surface area contributed by atoms with Crippen LogP contribution in [0.5, 0.6) is 0 Å². The molecule has 0 spiro atoms. The van der Waals surface area contributed by atoms with Crippen LogP contribution in [0.2, 0.25) is 0 Å². The van der Waals surface area contributed by atoms with Gasteiger partial charge in [0.15, 0.2) is 0 Å². The molecule has 2 aromatic carbocycles. The van der Waals surface area contributed by atoms with Crippen molar-refractivity contribution in [3.8, 4) is 0 Å². The van der Waals surface area contributed by atoms with E-state index in [4.69, 9.17) is 5.73 Å². The highest BCUT2D eigenvalue weighted by Gasteiger charge is 2.18. The van der Waals surface area contributed by atoms with Gasteiger partial charge >= 0.3 is 0 Å². The Bertz CT molecular complexity index is 1160. The number of aryl methyl sites for hydroxylation is 1. The van der Waals surface area contributed by atoms with Crippen LogP contribution in [0, 0.1) is 11.8 Å². The van der Waals surface area contributed by atoms with Crippen molar-refractivity contribution in [2.45, 2.75) is 126 Å². The molecule has 0 aliphatic heterocycles. The summed E-state index contributed by atoms with van der Waals surface area (Å²) in [6, 6.07) is 21.2. The Kier molecular flexibility index (Phi) is 26.3. The molecule has 0 bridgehead atoms. The first-order valence-corrected chi connectivity index (χ1v) is 17.3. The number of nitrogens with zero attached hydrogens (tertiary/aromatic N) is 1. The molecule has 46 heavy (non-hydrogen) atoms. The zero-order chi connectivity index (χ0) is 35.5. The lowest BCUT2D eigenvalue weighted by Crippen LogP contribution is -2.32. The van der Waals surface area contributed by atoms with Gasteiger partial charge in [0.1, 0.15) is 0 Å². The van der Waals surface area contributed by atoms with E-state index < -0.39 is 0 Å². The quantitative estimate of drug-likeness (QED) is 0.164. The van der Waals surface area contributed by atoms with Crippen LogP contribution in [-0.4, -0.2) is 11.8 Å². The van der Waals surface area contributed by atoms with Crippen molar-refractivity contribution in [2.24, 2.45) is 22.6 Å². The molecular formula is C44H70N2. The number of aliphatic imine (C=N–C) groups is 1. The van der Waals surface area contributed by atoms with Gasteiger partial charge in [-0.15, -0.1) is 0 Å². The highest BCUT2D eigenvalue weighted by atomic mass is 14.7. The van der Waals surface area contributed by atoms with E-state index in [0.29, 0.717) is 17.8 Å². The molecule has 0 aromatic heterocycles. The van der Waals surface area contributed by atoms with Crippen molar-refractivity contribution in [3.05, 3.63) is 132 Å². The van der Waals surface area contributed by atoms with Crippen LogP contribution in [0.3, 0.4) is 0 Å². The molecule has 3 unspecified atom stereocenters. The van der Waals surface area contributed by atoms with Gasteiger partial charge in [-0.1, -0.05) is 149 Å². The van der Waals surface area contributed by atoms with Crippen molar-refractivity contribution in [1.29, 1.82) is 0 Å². The Labute approximate surface area is 286 Å². The van der Waals surface area contributed by atoms with Gasteiger partial charge in [-0.3, -0.25) is 4.99 Å². The number of hydrogen-bond donors (Lipinski definition) is 1. The second kappa shape index (κ2) is 26.9. The minimum atomic E-state index is -0.194. The van der Waals surface area contributed by atoms with E-state index in [9.17, 15) is 0 Å². The Hall–Kier alpha value is -3.23. The summed E-state index contributed by atoms with van der Waals surface area (Å²) < 4.78 is 0. The van der Waals surface area contributed by atoms with Crippen molar-refractivity contribution in [3.63, 3.8) is 0 Å². The molecule has 2 N–H and O–H groups in total. The molecule has 0 saturated heterocycles. The first-order valence-electron chi connectivity index (χ1n) is 17.3. The van der Waals surface area contributed by atoms with Crippen LogP contribution in [0.15, 0.2) is 126 Å². The Balaban J connectivity index is 0. The molecule has 0 aliphatic carbocycles. The normalized spacial score (nSPS) is 13.3. The molecule has 0 heterocycles. The van der Waals surface area contributed by atoms with Crippen LogP contribution >= 0.6 is 0 Å². The third kappa shape index (κ3) is 24.1. The largest absolute Gasteiger partial charge is 0.322 e. The SMILES string of the molecule is C=C(C)C(C)(C)N.C=C(C)C(C)CCCc1ccccc1.C=C(C)C(c1ccccc1)C(C)C=N/C(C)=C\C.CC/C=C\CCC. The van der Waals surface area contributed by atoms with Crippen LogP contribution in [0.4, 0.5) is 0 Å². The summed E-state index contributed by atoms with van der Waals surface area (Å²) in [6.07, 6.45) is 15.9. The zero-order valence-corrected chi connectivity index (χ0v) is 31.7. The fraction of sp³-hybridized carbons (Fsp3) is 0.477. The van der Waals surface area contributed by atoms with E-state index in [1.54, 1.807) is 0 Å². The van der Waals surface area contributed by atoms with E-state index in [0.717, 1.165) is 11.3 Å². The highest BCUT2D eigenvalue weighted by Crippen LogP contribution is 2.30. The predicted octanol–water partition coefficient (Wildman–Crippen LogP) is 13.3. The van der Waals surface area contributed by atoms with Gasteiger partial charge in [0, 0.05) is 29.3 Å². The van der Waals surface area contributed by atoms with Gasteiger partial charge in [-0.25, -0.2) is 0 Å². The Morgan fingerprint density at radius 2 is 1.37 bits per heavy atom. The number of nitrogens with two attached hydrogens (primary N) is 1. The van der Waals surface area contributed by atoms with E-state index in [1.807, 2.05) is 53.0 Å². The summed E-state index contributed by atoms with van der Waals surface area (Å²) in [7, 11) is 0. The molecule has 256 valence electrons. The monoisotopic (exact) mass is 627 g/mol. The Morgan fingerprint density at radius 1 is 0.848 bits per heavy atom. The first-order chi connectivity index (χ1) is 21.6. The lowest BCUT2D eigenvalue weighted by molar-refractivity contribution is 0.580. The third-order valence-corrected chi connectivity index (χ3v) is 7.89. The minimum Gasteiger partial charge on any atom is -0.322 e. The maximum atomic E-state index is 5.58. The highest BCUT2D eigenvalue weighted by molar-refractivity contribution is 5.64. The van der Waals surface area contributed by atoms with Crippen LogP contribution in [0.1, 0.15) is 125 Å². The standard InChI is InChI=1S/C17H23N.C14H20.C7H14.C6H13N/c1-6-15(5)18-12-14(4)17(13(2)3)16-10-8-7-9-11-16;1-12(2)13(3)8-7-11-14-9-5-4-6-10-14;1-3-5-7-6-4-2;1-5(2)6(3,4)7/h6-12,14,17H,2H2,1,3-5H3;4-6,9-10,13H,1,7-8,11H2,2-3H3;5,7H,3-4,6H2,1-2H3;1,7H2,2-4H3/b15-6-,18-12?;;7-5-;. The molecule has 2 aromatic rings. The second-order valence-electron chi connectivity index (χ2n) is 13.1. The molecule has 2 heteroatoms. The minimum absolute atomic E-state index is 0.194. The maximum Gasteiger partial charge on any atom is 0.0326 e. The lowest BCUT2D eigenvalue weighted by Gasteiger charge is -2.22. The van der Waals surface area contributed by atoms with Gasteiger partial charge in [0.25, 0.3) is 0 Å². The van der Waals surface area contributed by atoms with E-state index >= 15 is 0 Å². The lowest BCUT2D eigenvalue weighted by atomic mass is 9.83. The summed E-state index contributed by atoms with van der Waals surface area (Å²) in [4.78, 5) is 4.47. The van der Waals surface area contributed by atoms with E-state index in [1.165, 1.54) is 60.8 Å². The number of rotatable bonds is 14. The number of hydrogen-bond acceptors (Lipinski definition) is 2. The van der Waals surface area contributed by atoms with Gasteiger partial charge < -0.3 is 5.73 Å². The molecule has 0 radical (unpaired) electrons. The predicted molar refractivity (Wildman–Crippen MR) is 212 cm³/mol. The molecule has 2 rings (SSSR count). The Morgan fingerprint density at radius 3 is 1.78 bits per heavy atom. The van der Waals surface area contributed by atoms with Crippen molar-refractivity contribution >= 4 is 6.21 Å². The second-order valence-corrected chi connectivity index (χ2v) is 13.1. The van der Waals surface area contributed by atoms with Crippen molar-refractivity contribution in [2.75, 3.05) is 0 Å². The van der Waals surface area contributed by atoms with Crippen LogP contribution < -0.4 is 5.73 Å². The topological polar surface area (TPSA) is 38.4 Å². The van der Waals surface area contributed by atoms with Crippen LogP contribution in [-0.2, 0) is 6.42 Å². The van der Waals surface area contributed by atoms with Crippen molar-refractivity contribution < 1.29 is 0 Å². The fourth-order valence-corrected chi connectivity index (χ4v) is 4.05. The molecule has 0 saturated carbocycles. The number of allylic oxidation sites excluding steroid dienone is 6. The van der Waals surface area contributed by atoms with E-state index in [2.05, 4.69) is 133 Å². The fourth-order valence-electron chi connectivity index (χ4n) is 4.05. The third-order valence-electron chi connectivity index (χ3n) is 7.89. The first kappa shape index (κ1) is 44.9. The van der Waals surface area contributed by atoms with Crippen LogP contribution in [0.25, 0.3) is 0 Å². The average Bonchev–Trinajstić information content (AvgIpc) is 3.01. The van der Waals surface area contributed by atoms with Gasteiger partial charge in [-0.05, 0) is 97.6 Å². The summed E-state index contributed by atoms with van der Waals surface area (Å²) >= 11 is 0. The molecule has 0 amide bonds. The summed E-state index contributed by atoms with van der Waals surface area (Å²) in [5.74, 6) is 1.35. The molecule has 2 nitrogen and oxygen atoms in total. The van der Waals surface area contributed by atoms with Crippen molar-refractivity contribution in [1.82, 2.24) is 0 Å². The summed E-state index contributed by atoms with van der Waals surface area (Å²) in [5.41, 5.74) is 12.7. The smallest absolute Gasteiger partial charge is 0.0326 e. The van der Waals surface area contributed by atoms with Gasteiger partial charge in [-0.2, -0.15) is 0 Å². The van der Waals surface area contributed by atoms with Gasteiger partial charge in [0.2, 0.25) is 0 Å². The summed E-state index contributed by atoms with van der Waals surface area (Å²) in [5, 5.41) is 0. The molecule has 0 fully saturated rings. The zero-order valence-electron chi connectivity index (χ0n) is 31.7. The van der Waals surface area contributed by atoms with E-state index in [-0.39, 0.29) is 5.54 Å². The molecule has 3 atom stereocenters. The maximum absolute atomic E-state index is 5.58. The molecule has 0 aliphatic rings. The summed E-state index contributed by atoms with van der Waals surface area (Å²) in [6.45, 7) is 34.6.